The zero-order valence-electron chi connectivity index (χ0n) is 16.4. The maximum atomic E-state index is 12.7. The van der Waals surface area contributed by atoms with Crippen molar-refractivity contribution in [2.45, 2.75) is 30.8 Å². The Morgan fingerprint density at radius 1 is 1.21 bits per heavy atom. The number of ether oxygens (including phenoxy) is 1. The lowest BCUT2D eigenvalue weighted by Gasteiger charge is -2.34. The van der Waals surface area contributed by atoms with Crippen LogP contribution in [0.5, 0.6) is 5.75 Å². The number of para-hydroxylation sites is 2. The molecule has 1 aliphatic heterocycles. The largest absolute Gasteiger partial charge is 0.481 e. The minimum absolute atomic E-state index is 0.174. The zero-order valence-corrected chi connectivity index (χ0v) is 17.2. The van der Waals surface area contributed by atoms with Crippen molar-refractivity contribution in [3.63, 3.8) is 0 Å². The molecule has 150 valence electrons. The Balaban J connectivity index is 1.63. The molecule has 5 nitrogen and oxygen atoms in total. The molecule has 0 aromatic heterocycles. The molecule has 1 heterocycles. The van der Waals surface area contributed by atoms with Crippen molar-refractivity contribution in [1.29, 1.82) is 0 Å². The third-order valence-electron chi connectivity index (χ3n) is 5.12. The number of piperidine rings is 1. The van der Waals surface area contributed by atoms with E-state index < -0.39 is 6.10 Å². The second-order valence-corrected chi connectivity index (χ2v) is 7.93. The van der Waals surface area contributed by atoms with Crippen molar-refractivity contribution in [1.82, 2.24) is 0 Å². The van der Waals surface area contributed by atoms with E-state index in [0.29, 0.717) is 11.7 Å². The number of carbonyl (C=O) groups excluding carboxylic acids is 1. The van der Waals surface area contributed by atoms with Crippen molar-refractivity contribution in [3.8, 4) is 5.75 Å². The van der Waals surface area contributed by atoms with Crippen LogP contribution in [0.4, 0.5) is 11.4 Å². The Kier molecular flexibility index (Phi) is 7.23. The third-order valence-corrected chi connectivity index (χ3v) is 5.86. The molecule has 1 saturated heterocycles. The average Bonchev–Trinajstić information content (AvgIpc) is 2.74. The van der Waals surface area contributed by atoms with Gasteiger partial charge in [-0.25, -0.2) is 0 Å². The number of carbonyl (C=O) groups is 1. The van der Waals surface area contributed by atoms with E-state index in [1.165, 1.54) is 0 Å². The SMILES string of the molecule is CSc1ccc(OC(C)C(=O)Nc2ccccc2N2CCC(CO)CC2)cc1. The molecule has 2 N–H and O–H groups in total. The number of thioether (sulfide) groups is 1. The molecule has 1 aliphatic rings. The number of nitrogens with zero attached hydrogens (tertiary/aromatic N) is 1. The minimum Gasteiger partial charge on any atom is -0.481 e. The summed E-state index contributed by atoms with van der Waals surface area (Å²) in [5.41, 5.74) is 1.81. The Bertz CT molecular complexity index is 774. The van der Waals surface area contributed by atoms with E-state index in [-0.39, 0.29) is 12.5 Å². The van der Waals surface area contributed by atoms with Gasteiger partial charge in [0.05, 0.1) is 11.4 Å². The van der Waals surface area contributed by atoms with Crippen molar-refractivity contribution < 1.29 is 14.6 Å². The van der Waals surface area contributed by atoms with Crippen molar-refractivity contribution >= 4 is 29.0 Å². The van der Waals surface area contributed by atoms with Gasteiger partial charge in [0.2, 0.25) is 0 Å². The predicted octanol–water partition coefficient (Wildman–Crippen LogP) is 4.02. The summed E-state index contributed by atoms with van der Waals surface area (Å²) in [6.45, 7) is 3.77. The third kappa shape index (κ3) is 5.20. The number of benzene rings is 2. The van der Waals surface area contributed by atoms with E-state index in [1.54, 1.807) is 18.7 Å². The van der Waals surface area contributed by atoms with E-state index in [4.69, 9.17) is 4.74 Å². The van der Waals surface area contributed by atoms with Crippen LogP contribution in [0.15, 0.2) is 53.4 Å². The number of anilines is 2. The first-order chi connectivity index (χ1) is 13.6. The van der Waals surface area contributed by atoms with E-state index in [0.717, 1.165) is 42.2 Å². The highest BCUT2D eigenvalue weighted by Gasteiger charge is 2.22. The monoisotopic (exact) mass is 400 g/mol. The molecule has 1 fully saturated rings. The number of rotatable bonds is 7. The first kappa shape index (κ1) is 20.6. The van der Waals surface area contributed by atoms with Crippen LogP contribution in [-0.2, 0) is 4.79 Å². The predicted molar refractivity (Wildman–Crippen MR) is 115 cm³/mol. The molecule has 1 amide bonds. The molecular formula is C22H28N2O3S. The fourth-order valence-corrected chi connectivity index (χ4v) is 3.77. The van der Waals surface area contributed by atoms with E-state index in [9.17, 15) is 9.90 Å². The Morgan fingerprint density at radius 3 is 2.54 bits per heavy atom. The molecule has 0 aliphatic carbocycles. The summed E-state index contributed by atoms with van der Waals surface area (Å²) in [6, 6.07) is 15.6. The van der Waals surface area contributed by atoms with Crippen molar-refractivity contribution in [2.24, 2.45) is 5.92 Å². The fourth-order valence-electron chi connectivity index (χ4n) is 3.36. The van der Waals surface area contributed by atoms with Crippen LogP contribution in [0.1, 0.15) is 19.8 Å². The maximum Gasteiger partial charge on any atom is 0.265 e. The molecule has 1 atom stereocenters. The van der Waals surface area contributed by atoms with Gasteiger partial charge < -0.3 is 20.1 Å². The number of aliphatic hydroxyl groups is 1. The van der Waals surface area contributed by atoms with Crippen LogP contribution in [-0.4, -0.2) is 43.1 Å². The molecule has 0 radical (unpaired) electrons. The standard InChI is InChI=1S/C22H28N2O3S/c1-16(27-18-7-9-19(28-2)10-8-18)22(26)23-20-5-3-4-6-21(20)24-13-11-17(15-25)12-14-24/h3-10,16-17,25H,11-15H2,1-2H3,(H,23,26). The van der Waals surface area contributed by atoms with Crippen LogP contribution < -0.4 is 15.0 Å². The lowest BCUT2D eigenvalue weighted by atomic mass is 9.97. The molecule has 28 heavy (non-hydrogen) atoms. The Labute approximate surface area is 171 Å². The highest BCUT2D eigenvalue weighted by Crippen LogP contribution is 2.30. The average molecular weight is 401 g/mol. The summed E-state index contributed by atoms with van der Waals surface area (Å²) in [5, 5.41) is 12.4. The molecular weight excluding hydrogens is 372 g/mol. The fraction of sp³-hybridized carbons (Fsp3) is 0.409. The van der Waals surface area contributed by atoms with Crippen LogP contribution in [0.2, 0.25) is 0 Å². The van der Waals surface area contributed by atoms with E-state index >= 15 is 0 Å². The Morgan fingerprint density at radius 2 is 1.89 bits per heavy atom. The van der Waals surface area contributed by atoms with Crippen LogP contribution in [0.25, 0.3) is 0 Å². The molecule has 3 rings (SSSR count). The van der Waals surface area contributed by atoms with Gasteiger partial charge in [0.1, 0.15) is 5.75 Å². The van der Waals surface area contributed by atoms with Crippen molar-refractivity contribution in [3.05, 3.63) is 48.5 Å². The highest BCUT2D eigenvalue weighted by molar-refractivity contribution is 7.98. The summed E-state index contributed by atoms with van der Waals surface area (Å²) >= 11 is 1.67. The van der Waals surface area contributed by atoms with Gasteiger partial charge in [-0.15, -0.1) is 11.8 Å². The number of amides is 1. The summed E-state index contributed by atoms with van der Waals surface area (Å²) < 4.78 is 5.80. The molecule has 6 heteroatoms. The number of hydrogen-bond donors (Lipinski definition) is 2. The van der Waals surface area contributed by atoms with E-state index in [2.05, 4.69) is 10.2 Å². The molecule has 2 aromatic rings. The van der Waals surface area contributed by atoms with Gasteiger partial charge in [-0.1, -0.05) is 12.1 Å². The molecule has 0 saturated carbocycles. The van der Waals surface area contributed by atoms with Gasteiger partial charge >= 0.3 is 0 Å². The quantitative estimate of drug-likeness (QED) is 0.688. The topological polar surface area (TPSA) is 61.8 Å². The second-order valence-electron chi connectivity index (χ2n) is 7.06. The molecule has 2 aromatic carbocycles. The summed E-state index contributed by atoms with van der Waals surface area (Å²) in [4.78, 5) is 16.1. The van der Waals surface area contributed by atoms with E-state index in [1.807, 2.05) is 54.8 Å². The highest BCUT2D eigenvalue weighted by atomic mass is 32.2. The van der Waals surface area contributed by atoms with Crippen LogP contribution in [0.3, 0.4) is 0 Å². The zero-order chi connectivity index (χ0) is 19.9. The lowest BCUT2D eigenvalue weighted by molar-refractivity contribution is -0.122. The van der Waals surface area contributed by atoms with Gasteiger partial charge in [-0.05, 0) is 68.3 Å². The lowest BCUT2D eigenvalue weighted by Crippen LogP contribution is -2.36. The summed E-state index contributed by atoms with van der Waals surface area (Å²) in [5.74, 6) is 0.885. The Hall–Kier alpha value is -2.18. The molecule has 0 spiro atoms. The summed E-state index contributed by atoms with van der Waals surface area (Å²) in [6.07, 6.45) is 3.35. The maximum absolute atomic E-state index is 12.7. The van der Waals surface area contributed by atoms with Gasteiger partial charge in [0.15, 0.2) is 6.10 Å². The normalized spacial score (nSPS) is 15.9. The summed E-state index contributed by atoms with van der Waals surface area (Å²) in [7, 11) is 0. The second kappa shape index (κ2) is 9.85. The van der Waals surface area contributed by atoms with Crippen molar-refractivity contribution in [2.75, 3.05) is 36.2 Å². The van der Waals surface area contributed by atoms with Crippen LogP contribution >= 0.6 is 11.8 Å². The van der Waals surface area contributed by atoms with Gasteiger partial charge in [-0.3, -0.25) is 4.79 Å². The van der Waals surface area contributed by atoms with Gasteiger partial charge in [-0.2, -0.15) is 0 Å². The van der Waals surface area contributed by atoms with Gasteiger partial charge in [0.25, 0.3) is 5.91 Å². The molecule has 0 bridgehead atoms. The number of hydrogen-bond acceptors (Lipinski definition) is 5. The smallest absolute Gasteiger partial charge is 0.265 e. The number of nitrogens with one attached hydrogen (secondary N) is 1. The number of aliphatic hydroxyl groups excluding tert-OH is 1. The minimum atomic E-state index is -0.603. The van der Waals surface area contributed by atoms with Crippen LogP contribution in [0, 0.1) is 5.92 Å². The molecule has 1 unspecified atom stereocenters. The van der Waals surface area contributed by atoms with Gasteiger partial charge in [0, 0.05) is 24.6 Å². The first-order valence-electron chi connectivity index (χ1n) is 9.67. The first-order valence-corrected chi connectivity index (χ1v) is 10.9.